The van der Waals surface area contributed by atoms with Crippen LogP contribution in [-0.4, -0.2) is 69.7 Å². The third kappa shape index (κ3) is 4.99. The van der Waals surface area contributed by atoms with Gasteiger partial charge in [0.1, 0.15) is 6.33 Å². The number of amides is 1. The minimum Gasteiger partial charge on any atom is -0.379 e. The van der Waals surface area contributed by atoms with E-state index in [1.807, 2.05) is 34.9 Å². The van der Waals surface area contributed by atoms with Gasteiger partial charge in [0.05, 0.1) is 19.0 Å². The van der Waals surface area contributed by atoms with Crippen LogP contribution in [0.25, 0.3) is 5.69 Å². The van der Waals surface area contributed by atoms with E-state index >= 15 is 0 Å². The second-order valence-corrected chi connectivity index (χ2v) is 8.71. The van der Waals surface area contributed by atoms with Crippen LogP contribution in [0.2, 0.25) is 0 Å². The minimum atomic E-state index is 0.0517. The van der Waals surface area contributed by atoms with E-state index in [0.717, 1.165) is 56.5 Å². The van der Waals surface area contributed by atoms with Crippen LogP contribution in [0.15, 0.2) is 41.8 Å². The molecule has 0 bridgehead atoms. The van der Waals surface area contributed by atoms with Crippen LogP contribution in [-0.2, 0) is 9.53 Å². The average molecular weight is 416 g/mol. The van der Waals surface area contributed by atoms with Gasteiger partial charge in [-0.2, -0.15) is 0 Å². The van der Waals surface area contributed by atoms with Gasteiger partial charge in [0.2, 0.25) is 5.91 Å². The van der Waals surface area contributed by atoms with Crippen LogP contribution in [0.1, 0.15) is 32.1 Å². The molecule has 1 saturated heterocycles. The molecule has 0 radical (unpaired) electrons. The molecule has 1 N–H and O–H groups in total. The van der Waals surface area contributed by atoms with Gasteiger partial charge in [-0.1, -0.05) is 49.2 Å². The molecule has 8 heteroatoms. The Morgan fingerprint density at radius 3 is 2.66 bits per heavy atom. The Morgan fingerprint density at radius 2 is 1.90 bits per heavy atom. The molecule has 29 heavy (non-hydrogen) atoms. The first-order valence-corrected chi connectivity index (χ1v) is 11.4. The maximum Gasteiger partial charge on any atom is 0.230 e. The fourth-order valence-electron chi connectivity index (χ4n) is 4.39. The van der Waals surface area contributed by atoms with Crippen molar-refractivity contribution in [2.45, 2.75) is 42.8 Å². The molecule has 1 amide bonds. The summed E-state index contributed by atoms with van der Waals surface area (Å²) >= 11 is 1.42. The van der Waals surface area contributed by atoms with E-state index in [2.05, 4.69) is 20.4 Å². The van der Waals surface area contributed by atoms with Gasteiger partial charge in [-0.3, -0.25) is 14.3 Å². The minimum absolute atomic E-state index is 0.0517. The highest BCUT2D eigenvalue weighted by molar-refractivity contribution is 7.99. The Kier molecular flexibility index (Phi) is 6.84. The van der Waals surface area contributed by atoms with E-state index in [9.17, 15) is 4.79 Å². The molecule has 4 rings (SSSR count). The molecule has 2 fully saturated rings. The summed E-state index contributed by atoms with van der Waals surface area (Å²) in [6.07, 6.45) is 7.77. The molecule has 2 aromatic rings. The molecule has 1 saturated carbocycles. The normalized spacial score (nSPS) is 19.7. The summed E-state index contributed by atoms with van der Waals surface area (Å²) < 4.78 is 7.45. The summed E-state index contributed by atoms with van der Waals surface area (Å²) in [5.74, 6) is 0.390. The van der Waals surface area contributed by atoms with Gasteiger partial charge < -0.3 is 10.1 Å². The number of rotatable bonds is 7. The number of hydrogen-bond acceptors (Lipinski definition) is 6. The fourth-order valence-corrected chi connectivity index (χ4v) is 5.14. The Hall–Kier alpha value is -1.90. The van der Waals surface area contributed by atoms with Crippen molar-refractivity contribution < 1.29 is 9.53 Å². The quantitative estimate of drug-likeness (QED) is 0.701. The van der Waals surface area contributed by atoms with Crippen LogP contribution < -0.4 is 5.32 Å². The lowest BCUT2D eigenvalue weighted by molar-refractivity contribution is -0.119. The van der Waals surface area contributed by atoms with Crippen molar-refractivity contribution >= 4 is 17.7 Å². The average Bonchev–Trinajstić information content (AvgIpc) is 3.27. The second-order valence-electron chi connectivity index (χ2n) is 7.77. The number of morpholine rings is 1. The molecular weight excluding hydrogens is 386 g/mol. The van der Waals surface area contributed by atoms with E-state index < -0.39 is 0 Å². The summed E-state index contributed by atoms with van der Waals surface area (Å²) in [7, 11) is 0. The SMILES string of the molecule is O=C(CSc1nncn1-c1ccccc1)NCC1(N2CCOCC2)CCCCC1. The van der Waals surface area contributed by atoms with Crippen molar-refractivity contribution in [3.05, 3.63) is 36.7 Å². The predicted octanol–water partition coefficient (Wildman–Crippen LogP) is 2.51. The molecule has 1 aliphatic carbocycles. The number of hydrogen-bond donors (Lipinski definition) is 1. The molecule has 0 atom stereocenters. The molecule has 7 nitrogen and oxygen atoms in total. The monoisotopic (exact) mass is 415 g/mol. The number of ether oxygens (including phenoxy) is 1. The Balaban J connectivity index is 1.33. The molecule has 2 aliphatic rings. The first kappa shape index (κ1) is 20.4. The summed E-state index contributed by atoms with van der Waals surface area (Å²) in [4.78, 5) is 15.2. The predicted molar refractivity (Wildman–Crippen MR) is 113 cm³/mol. The number of benzene rings is 1. The van der Waals surface area contributed by atoms with Gasteiger partial charge in [0, 0.05) is 30.9 Å². The van der Waals surface area contributed by atoms with Gasteiger partial charge in [0.15, 0.2) is 5.16 Å². The van der Waals surface area contributed by atoms with Crippen LogP contribution in [0.3, 0.4) is 0 Å². The van der Waals surface area contributed by atoms with Crippen LogP contribution in [0.4, 0.5) is 0 Å². The fraction of sp³-hybridized carbons (Fsp3) is 0.571. The lowest BCUT2D eigenvalue weighted by Crippen LogP contribution is -2.59. The van der Waals surface area contributed by atoms with Crippen LogP contribution in [0, 0.1) is 0 Å². The second kappa shape index (κ2) is 9.73. The van der Waals surface area contributed by atoms with Crippen LogP contribution in [0.5, 0.6) is 0 Å². The number of thioether (sulfide) groups is 1. The largest absolute Gasteiger partial charge is 0.379 e. The van der Waals surface area contributed by atoms with Crippen LogP contribution >= 0.6 is 11.8 Å². The first-order valence-electron chi connectivity index (χ1n) is 10.4. The Bertz CT molecular complexity index is 785. The van der Waals surface area contributed by atoms with Gasteiger partial charge >= 0.3 is 0 Å². The first-order chi connectivity index (χ1) is 14.3. The number of para-hydroxylation sites is 1. The zero-order valence-electron chi connectivity index (χ0n) is 16.8. The van der Waals surface area contributed by atoms with Crippen molar-refractivity contribution in [1.82, 2.24) is 25.0 Å². The van der Waals surface area contributed by atoms with E-state index in [1.165, 1.54) is 31.0 Å². The van der Waals surface area contributed by atoms with E-state index in [0.29, 0.717) is 5.75 Å². The maximum atomic E-state index is 12.6. The topological polar surface area (TPSA) is 72.3 Å². The molecule has 0 unspecified atom stereocenters. The standard InChI is InChI=1S/C21H29N5O2S/c27-19(15-29-20-24-23-17-26(20)18-7-3-1-4-8-18)22-16-21(9-5-2-6-10-21)25-11-13-28-14-12-25/h1,3-4,7-8,17H,2,5-6,9-16H2,(H,22,27). The third-order valence-electron chi connectivity index (χ3n) is 5.96. The molecule has 1 aromatic heterocycles. The number of carbonyl (C=O) groups is 1. The highest BCUT2D eigenvalue weighted by Crippen LogP contribution is 2.34. The third-order valence-corrected chi connectivity index (χ3v) is 6.91. The van der Waals surface area contributed by atoms with E-state index in [-0.39, 0.29) is 11.4 Å². The maximum absolute atomic E-state index is 12.6. The number of carbonyl (C=O) groups excluding carboxylic acids is 1. The summed E-state index contributed by atoms with van der Waals surface area (Å²) in [5.41, 5.74) is 1.08. The number of nitrogens with zero attached hydrogens (tertiary/aromatic N) is 4. The van der Waals surface area contributed by atoms with Crippen molar-refractivity contribution in [3.8, 4) is 5.69 Å². The lowest BCUT2D eigenvalue weighted by Gasteiger charge is -2.48. The zero-order valence-corrected chi connectivity index (χ0v) is 17.6. The summed E-state index contributed by atoms with van der Waals surface area (Å²) in [6, 6.07) is 9.94. The highest BCUT2D eigenvalue weighted by atomic mass is 32.2. The molecule has 156 valence electrons. The highest BCUT2D eigenvalue weighted by Gasteiger charge is 2.38. The van der Waals surface area contributed by atoms with Gasteiger partial charge in [-0.25, -0.2) is 0 Å². The zero-order chi connectivity index (χ0) is 19.9. The molecular formula is C21H29N5O2S. The smallest absolute Gasteiger partial charge is 0.230 e. The Morgan fingerprint density at radius 1 is 1.14 bits per heavy atom. The summed E-state index contributed by atoms with van der Waals surface area (Å²) in [6.45, 7) is 4.23. The van der Waals surface area contributed by atoms with Gasteiger partial charge in [-0.15, -0.1) is 10.2 Å². The number of nitrogens with one attached hydrogen (secondary N) is 1. The van der Waals surface area contributed by atoms with E-state index in [4.69, 9.17) is 4.74 Å². The van der Waals surface area contributed by atoms with Gasteiger partial charge in [-0.05, 0) is 25.0 Å². The number of aromatic nitrogens is 3. The summed E-state index contributed by atoms with van der Waals surface area (Å²) in [5, 5.41) is 12.1. The molecule has 1 aromatic carbocycles. The lowest BCUT2D eigenvalue weighted by atomic mass is 9.79. The van der Waals surface area contributed by atoms with E-state index in [1.54, 1.807) is 6.33 Å². The van der Waals surface area contributed by atoms with Crippen molar-refractivity contribution in [3.63, 3.8) is 0 Å². The molecule has 0 spiro atoms. The van der Waals surface area contributed by atoms with Crippen molar-refractivity contribution in [2.24, 2.45) is 0 Å². The molecule has 1 aliphatic heterocycles. The molecule has 2 heterocycles. The van der Waals surface area contributed by atoms with Crippen molar-refractivity contribution in [2.75, 3.05) is 38.6 Å². The van der Waals surface area contributed by atoms with Gasteiger partial charge in [0.25, 0.3) is 0 Å². The Labute approximate surface area is 176 Å². The van der Waals surface area contributed by atoms with Crippen molar-refractivity contribution in [1.29, 1.82) is 0 Å².